The molecule has 0 bridgehead atoms. The van der Waals surface area contributed by atoms with Crippen molar-refractivity contribution < 1.29 is 154 Å². The van der Waals surface area contributed by atoms with E-state index < -0.39 is 78.1 Å². The highest BCUT2D eigenvalue weighted by atomic mass is 16.7. The fourth-order valence-electron chi connectivity index (χ4n) is 8.28. The van der Waals surface area contributed by atoms with Gasteiger partial charge in [-0.25, -0.2) is 10.7 Å². The van der Waals surface area contributed by atoms with Crippen molar-refractivity contribution >= 4 is 41.6 Å². The Morgan fingerprint density at radius 2 is 0.950 bits per heavy atom. The van der Waals surface area contributed by atoms with Gasteiger partial charge in [0.25, 0.3) is 5.91 Å². The summed E-state index contributed by atoms with van der Waals surface area (Å²) < 4.78 is 104. The highest BCUT2D eigenvalue weighted by molar-refractivity contribution is 5.97. The van der Waals surface area contributed by atoms with Gasteiger partial charge in [-0.3, -0.25) is 24.0 Å². The van der Waals surface area contributed by atoms with Gasteiger partial charge in [0.05, 0.1) is 216 Å². The van der Waals surface area contributed by atoms with Crippen LogP contribution in [-0.4, -0.2) is 330 Å². The number of amides is 3. The SMILES string of the molecule is CCCOCCOCCOCCOCCOCC(=O)N[C@@H](CCCCNC(=O)c1cc(COC(C)=O)ccc1O[C@@H]1O[C@H](C(=O)O)[C@@H](O)[C@H](O)[C@H]1O)C(=O)C[C@@H](C)C(=O)NCCOCCOCCOCCOCCOCCOCCOCCOCCOCCOCCOCCON.O=C=O. The Balaban J connectivity index is 0.0000163. The van der Waals surface area contributed by atoms with Gasteiger partial charge in [-0.05, 0) is 43.4 Å². The van der Waals surface area contributed by atoms with E-state index >= 15 is 0 Å². The Bertz CT molecular complexity index is 2260. The molecule has 0 aliphatic carbocycles. The van der Waals surface area contributed by atoms with Crippen LogP contribution in [0, 0.1) is 5.92 Å². The average molecular weight is 1450 g/mol. The predicted molar refractivity (Wildman–Crippen MR) is 345 cm³/mol. The highest BCUT2D eigenvalue weighted by Crippen LogP contribution is 2.28. The van der Waals surface area contributed by atoms with Gasteiger partial charge in [-0.15, -0.1) is 0 Å². The first kappa shape index (κ1) is 92.6. The van der Waals surface area contributed by atoms with Crippen LogP contribution in [-0.2, 0) is 130 Å². The van der Waals surface area contributed by atoms with E-state index in [0.29, 0.717) is 190 Å². The Morgan fingerprint density at radius 3 is 1.36 bits per heavy atom. The molecule has 1 saturated heterocycles. The van der Waals surface area contributed by atoms with E-state index in [9.17, 15) is 49.2 Å². The third-order valence-electron chi connectivity index (χ3n) is 13.4. The molecule has 0 radical (unpaired) electrons. The van der Waals surface area contributed by atoms with E-state index in [0.717, 1.165) is 6.42 Å². The smallest absolute Gasteiger partial charge is 0.373 e. The number of carboxylic acids is 1. The zero-order valence-corrected chi connectivity index (χ0v) is 58.1. The third kappa shape index (κ3) is 50.8. The maximum Gasteiger partial charge on any atom is 0.373 e. The molecule has 0 aromatic heterocycles. The van der Waals surface area contributed by atoms with Gasteiger partial charge < -0.3 is 131 Å². The number of aliphatic hydroxyl groups is 3. The molecule has 9 N–H and O–H groups in total. The molecule has 2 rings (SSSR count). The summed E-state index contributed by atoms with van der Waals surface area (Å²) in [6.07, 6.45) is -8.03. The number of carboxylic acid groups (broad SMARTS) is 1. The Labute approximate surface area is 583 Å². The number of esters is 1. The monoisotopic (exact) mass is 1450 g/mol. The van der Waals surface area contributed by atoms with Gasteiger partial charge in [0.2, 0.25) is 18.1 Å². The molecule has 7 atom stereocenters. The van der Waals surface area contributed by atoms with Gasteiger partial charge in [0, 0.05) is 39.0 Å². The summed E-state index contributed by atoms with van der Waals surface area (Å²) in [5, 5.41) is 48.8. The van der Waals surface area contributed by atoms with Crippen LogP contribution in [0.25, 0.3) is 0 Å². The minimum atomic E-state index is -1.99. The second kappa shape index (κ2) is 65.6. The number of aliphatic carboxylic acids is 1. The molecule has 36 heteroatoms. The maximum atomic E-state index is 13.8. The van der Waals surface area contributed by atoms with Crippen molar-refractivity contribution in [1.82, 2.24) is 16.0 Å². The van der Waals surface area contributed by atoms with Gasteiger partial charge in [0.1, 0.15) is 37.3 Å². The summed E-state index contributed by atoms with van der Waals surface area (Å²) in [7, 11) is 0. The summed E-state index contributed by atoms with van der Waals surface area (Å²) in [6, 6.07) is 3.03. The number of carbonyl (C=O) groups excluding carboxylic acids is 7. The Kier molecular flexibility index (Phi) is 60.7. The molecule has 1 aromatic carbocycles. The Hall–Kier alpha value is -5.46. The zero-order chi connectivity index (χ0) is 73.3. The van der Waals surface area contributed by atoms with Gasteiger partial charge in [-0.2, -0.15) is 9.59 Å². The molecule has 0 unspecified atom stereocenters. The van der Waals surface area contributed by atoms with Crippen molar-refractivity contribution in [3.63, 3.8) is 0 Å². The lowest BCUT2D eigenvalue weighted by Crippen LogP contribution is -2.61. The molecule has 1 aliphatic rings. The van der Waals surface area contributed by atoms with Gasteiger partial charge in [0.15, 0.2) is 11.9 Å². The van der Waals surface area contributed by atoms with E-state index in [2.05, 4.69) is 20.8 Å². The van der Waals surface area contributed by atoms with E-state index in [1.165, 1.54) is 25.1 Å². The van der Waals surface area contributed by atoms with E-state index in [1.54, 1.807) is 6.92 Å². The molecule has 1 aromatic rings. The van der Waals surface area contributed by atoms with Crippen molar-refractivity contribution in [3.05, 3.63) is 29.3 Å². The second-order valence-electron chi connectivity index (χ2n) is 21.4. The molecule has 578 valence electrons. The molecule has 0 saturated carbocycles. The first-order valence-corrected chi connectivity index (χ1v) is 33.4. The quantitative estimate of drug-likeness (QED) is 0.0201. The molecule has 1 fully saturated rings. The highest BCUT2D eigenvalue weighted by Gasteiger charge is 2.48. The number of carbonyl (C=O) groups is 6. The fourth-order valence-corrected chi connectivity index (χ4v) is 8.28. The largest absolute Gasteiger partial charge is 0.479 e. The van der Waals surface area contributed by atoms with E-state index in [1.807, 2.05) is 6.92 Å². The van der Waals surface area contributed by atoms with E-state index in [-0.39, 0.29) is 96.1 Å². The molecule has 1 aliphatic heterocycles. The summed E-state index contributed by atoms with van der Waals surface area (Å²) in [5.41, 5.74) is 0.210. The minimum Gasteiger partial charge on any atom is -0.479 e. The zero-order valence-electron chi connectivity index (χ0n) is 58.1. The molecular weight excluding hydrogens is 1340 g/mol. The number of rotatable bonds is 68. The first-order chi connectivity index (χ1) is 48.6. The molecule has 100 heavy (non-hydrogen) atoms. The first-order valence-electron chi connectivity index (χ1n) is 33.4. The van der Waals surface area contributed by atoms with Crippen molar-refractivity contribution in [2.75, 3.05) is 231 Å². The van der Waals surface area contributed by atoms with Crippen LogP contribution in [0.4, 0.5) is 0 Å². The molecule has 1 heterocycles. The minimum absolute atomic E-state index is 0.0298. The lowest BCUT2D eigenvalue weighted by molar-refractivity contribution is -0.271. The van der Waals surface area contributed by atoms with Crippen molar-refractivity contribution in [2.45, 2.75) is 96.2 Å². The van der Waals surface area contributed by atoms with E-state index in [4.69, 9.17) is 105 Å². The van der Waals surface area contributed by atoms with Crippen LogP contribution in [0.1, 0.15) is 68.8 Å². The van der Waals surface area contributed by atoms with Crippen molar-refractivity contribution in [2.24, 2.45) is 11.8 Å². The summed E-state index contributed by atoms with van der Waals surface area (Å²) >= 11 is 0. The maximum absolute atomic E-state index is 13.8. The number of hydrogen-bond donors (Lipinski definition) is 8. The fraction of sp³-hybridized carbons (Fsp3) is 0.797. The topological polar surface area (TPSA) is 464 Å². The lowest BCUT2D eigenvalue weighted by atomic mass is 9.96. The van der Waals surface area contributed by atoms with Crippen LogP contribution >= 0.6 is 0 Å². The van der Waals surface area contributed by atoms with Gasteiger partial charge >= 0.3 is 18.1 Å². The second-order valence-corrected chi connectivity index (χ2v) is 21.4. The summed E-state index contributed by atoms with van der Waals surface area (Å²) in [5.74, 6) is -0.434. The summed E-state index contributed by atoms with van der Waals surface area (Å²) in [6.45, 7) is 17.1. The number of ether oxygens (including phenoxy) is 19. The van der Waals surface area contributed by atoms with Crippen molar-refractivity contribution in [3.8, 4) is 5.75 Å². The van der Waals surface area contributed by atoms with Crippen molar-refractivity contribution in [1.29, 1.82) is 0 Å². The van der Waals surface area contributed by atoms with Crippen LogP contribution < -0.4 is 26.6 Å². The number of benzene rings is 1. The van der Waals surface area contributed by atoms with Crippen LogP contribution in [0.15, 0.2) is 18.2 Å². The number of ketones is 1. The third-order valence-corrected chi connectivity index (χ3v) is 13.4. The molecule has 36 nitrogen and oxygen atoms in total. The molecule has 0 spiro atoms. The van der Waals surface area contributed by atoms with Gasteiger partial charge in [-0.1, -0.05) is 19.9 Å². The predicted octanol–water partition coefficient (Wildman–Crippen LogP) is -1.90. The number of unbranched alkanes of at least 4 members (excludes halogenated alkanes) is 1. The number of aliphatic hydroxyl groups excluding tert-OH is 3. The molecular formula is C64H110N4O32. The number of Topliss-reactive ketones (excluding diaryl/α,β-unsaturated/α-hetero) is 1. The normalized spacial score (nSPS) is 16.4. The molecule has 3 amide bonds. The van der Waals surface area contributed by atoms with Crippen LogP contribution in [0.3, 0.4) is 0 Å². The standard InChI is InChI=1S/C63H110N4O30.CO2/c1-4-12-78-14-16-80-18-20-89-36-37-91-40-41-93-47-55(70)67-52(7-5-6-10-65-61(75)51-45-50(46-94-49(3)68)8-9-54(51)96-63-58(73)56(71)57(72)59(97-63)62(76)77)53(69)44-48(2)60(74)66-11-13-79-15-17-81-19-21-82-22-23-83-24-25-84-26-27-85-28-29-86-30-31-87-32-33-88-34-35-90-38-39-92-42-43-95-64;2-1-3/h8-9,45,48,52,56-59,63,71-73H,4-7,10-44,46-47,64H2,1-3H3,(H,65,75)(H,66,74)(H,67,70)(H,76,77);/t48-,52+,56+,57+,58-,59+,63-;/m1./s1. The van der Waals surface area contributed by atoms with Crippen LogP contribution in [0.5, 0.6) is 5.75 Å². The Morgan fingerprint density at radius 1 is 0.540 bits per heavy atom. The number of hydrogen-bond acceptors (Lipinski definition) is 32. The number of nitrogens with one attached hydrogen (secondary N) is 3. The lowest BCUT2D eigenvalue weighted by Gasteiger charge is -2.38. The summed E-state index contributed by atoms with van der Waals surface area (Å²) in [4.78, 5) is 97.6. The average Bonchev–Trinajstić information content (AvgIpc) is 0.797. The van der Waals surface area contributed by atoms with Crippen LogP contribution in [0.2, 0.25) is 0 Å². The number of nitrogens with two attached hydrogens (primary N) is 1.